The van der Waals surface area contributed by atoms with Gasteiger partial charge in [-0.1, -0.05) is 19.1 Å². The zero-order valence-corrected chi connectivity index (χ0v) is 18.7. The summed E-state index contributed by atoms with van der Waals surface area (Å²) >= 11 is 0. The number of hydrogen-bond donors (Lipinski definition) is 1. The number of nitrogens with zero attached hydrogens (tertiary/aromatic N) is 2. The van der Waals surface area contributed by atoms with Gasteiger partial charge in [0.15, 0.2) is 0 Å². The van der Waals surface area contributed by atoms with Crippen molar-refractivity contribution in [3.8, 4) is 5.75 Å². The molecule has 1 saturated heterocycles. The third-order valence-corrected chi connectivity index (χ3v) is 5.33. The van der Waals surface area contributed by atoms with Crippen LogP contribution in [0, 0.1) is 5.82 Å². The second-order valence-electron chi connectivity index (χ2n) is 8.07. The molecule has 0 aromatic heterocycles. The topological polar surface area (TPSA) is 70.1 Å². The van der Waals surface area contributed by atoms with E-state index in [1.54, 1.807) is 24.3 Å². The molecule has 2 aromatic rings. The first-order valence-corrected chi connectivity index (χ1v) is 10.7. The Bertz CT molecular complexity index is 984. The molecule has 0 saturated carbocycles. The minimum atomic E-state index is -0.743. The molecule has 1 N–H and O–H groups in total. The van der Waals surface area contributed by atoms with Crippen LogP contribution in [0.2, 0.25) is 0 Å². The van der Waals surface area contributed by atoms with Crippen molar-refractivity contribution >= 4 is 17.4 Å². The Kier molecular flexibility index (Phi) is 7.64. The summed E-state index contributed by atoms with van der Waals surface area (Å²) in [5, 5.41) is 11.0. The maximum Gasteiger partial charge on any atom is 0.295 e. The van der Waals surface area contributed by atoms with Crippen LogP contribution in [0.5, 0.6) is 5.75 Å². The monoisotopic (exact) mass is 440 g/mol. The molecule has 1 fully saturated rings. The number of amides is 1. The second kappa shape index (κ2) is 10.4. The van der Waals surface area contributed by atoms with Crippen molar-refractivity contribution in [2.24, 2.45) is 0 Å². The average molecular weight is 441 g/mol. The van der Waals surface area contributed by atoms with Gasteiger partial charge >= 0.3 is 0 Å². The van der Waals surface area contributed by atoms with Crippen molar-refractivity contribution < 1.29 is 23.8 Å². The number of Topliss-reactive ketones (excluding diaryl/α,β-unsaturated/α-hetero) is 1. The lowest BCUT2D eigenvalue weighted by Crippen LogP contribution is -2.32. The van der Waals surface area contributed by atoms with Gasteiger partial charge in [0.2, 0.25) is 0 Å². The third kappa shape index (κ3) is 5.16. The number of ketones is 1. The third-order valence-electron chi connectivity index (χ3n) is 5.33. The molecule has 6 nitrogen and oxygen atoms in total. The van der Waals surface area contributed by atoms with Crippen LogP contribution in [-0.4, -0.2) is 60.4 Å². The van der Waals surface area contributed by atoms with Crippen LogP contribution in [0.1, 0.15) is 36.9 Å². The van der Waals surface area contributed by atoms with E-state index in [0.717, 1.165) is 13.0 Å². The molecule has 0 spiro atoms. The van der Waals surface area contributed by atoms with E-state index in [4.69, 9.17) is 4.74 Å². The number of carbonyl (C=O) groups is 2. The molecule has 0 radical (unpaired) electrons. The molecule has 3 rings (SSSR count). The Morgan fingerprint density at radius 1 is 1.09 bits per heavy atom. The molecule has 1 aliphatic heterocycles. The number of hydrogen-bond acceptors (Lipinski definition) is 5. The molecule has 170 valence electrons. The Morgan fingerprint density at radius 3 is 2.34 bits per heavy atom. The van der Waals surface area contributed by atoms with E-state index in [-0.39, 0.29) is 16.9 Å². The van der Waals surface area contributed by atoms with E-state index in [0.29, 0.717) is 30.9 Å². The first kappa shape index (κ1) is 23.5. The van der Waals surface area contributed by atoms with Crippen LogP contribution >= 0.6 is 0 Å². The van der Waals surface area contributed by atoms with Crippen molar-refractivity contribution in [1.82, 2.24) is 9.80 Å². The van der Waals surface area contributed by atoms with E-state index in [1.807, 2.05) is 25.9 Å². The fourth-order valence-electron chi connectivity index (χ4n) is 3.74. The molecule has 0 bridgehead atoms. The SMILES string of the molecule is CCCOc1ccc([C@@H]2/C(=C(/O)c3ccc(F)cc3)C(=O)C(=O)N2CCCN(C)C)cc1. The molecule has 1 atom stereocenters. The van der Waals surface area contributed by atoms with Crippen molar-refractivity contribution in [2.75, 3.05) is 33.8 Å². The van der Waals surface area contributed by atoms with Gasteiger partial charge in [0.25, 0.3) is 11.7 Å². The molecule has 7 heteroatoms. The number of aliphatic hydroxyl groups excluding tert-OH is 1. The molecule has 1 heterocycles. The summed E-state index contributed by atoms with van der Waals surface area (Å²) in [7, 11) is 3.88. The predicted octanol–water partition coefficient (Wildman–Crippen LogP) is 3.99. The number of likely N-dealkylation sites (tertiary alicyclic amines) is 1. The molecule has 0 unspecified atom stereocenters. The second-order valence-corrected chi connectivity index (χ2v) is 8.07. The lowest BCUT2D eigenvalue weighted by molar-refractivity contribution is -0.139. The van der Waals surface area contributed by atoms with Gasteiger partial charge in [-0.15, -0.1) is 0 Å². The highest BCUT2D eigenvalue weighted by molar-refractivity contribution is 6.46. The van der Waals surface area contributed by atoms with Gasteiger partial charge in [0.05, 0.1) is 18.2 Å². The maximum atomic E-state index is 13.4. The lowest BCUT2D eigenvalue weighted by Gasteiger charge is -2.26. The van der Waals surface area contributed by atoms with Crippen molar-refractivity contribution in [1.29, 1.82) is 0 Å². The molecule has 2 aromatic carbocycles. The zero-order chi connectivity index (χ0) is 23.3. The van der Waals surface area contributed by atoms with Gasteiger partial charge in [0.1, 0.15) is 17.3 Å². The highest BCUT2D eigenvalue weighted by Crippen LogP contribution is 2.39. The number of rotatable bonds is 9. The van der Waals surface area contributed by atoms with Gasteiger partial charge in [-0.05, 0) is 75.4 Å². The van der Waals surface area contributed by atoms with Gasteiger partial charge in [-0.3, -0.25) is 9.59 Å². The van der Waals surface area contributed by atoms with Crippen molar-refractivity contribution in [2.45, 2.75) is 25.8 Å². The quantitative estimate of drug-likeness (QED) is 0.363. The Hall–Kier alpha value is -3.19. The smallest absolute Gasteiger partial charge is 0.295 e. The van der Waals surface area contributed by atoms with Gasteiger partial charge in [-0.2, -0.15) is 0 Å². The van der Waals surface area contributed by atoms with Gasteiger partial charge in [0, 0.05) is 12.1 Å². The Balaban J connectivity index is 2.03. The Morgan fingerprint density at radius 2 is 1.75 bits per heavy atom. The summed E-state index contributed by atoms with van der Waals surface area (Å²) in [6.07, 6.45) is 1.55. The number of carbonyl (C=O) groups excluding carboxylic acids is 2. The first-order valence-electron chi connectivity index (χ1n) is 10.7. The minimum absolute atomic E-state index is 0.00804. The number of halogens is 1. The molecule has 0 aliphatic carbocycles. The fraction of sp³-hybridized carbons (Fsp3) is 0.360. The predicted molar refractivity (Wildman–Crippen MR) is 121 cm³/mol. The molecule has 32 heavy (non-hydrogen) atoms. The van der Waals surface area contributed by atoms with Crippen LogP contribution in [0.4, 0.5) is 4.39 Å². The highest BCUT2D eigenvalue weighted by atomic mass is 19.1. The number of aliphatic hydroxyl groups is 1. The fourth-order valence-corrected chi connectivity index (χ4v) is 3.74. The van der Waals surface area contributed by atoms with Gasteiger partial charge in [-0.25, -0.2) is 4.39 Å². The van der Waals surface area contributed by atoms with Crippen LogP contribution in [0.25, 0.3) is 5.76 Å². The summed E-state index contributed by atoms with van der Waals surface area (Å²) < 4.78 is 19.0. The first-order chi connectivity index (χ1) is 15.3. The largest absolute Gasteiger partial charge is 0.507 e. The molecule has 1 aliphatic rings. The van der Waals surface area contributed by atoms with E-state index in [9.17, 15) is 19.1 Å². The molecule has 1 amide bonds. The number of benzene rings is 2. The van der Waals surface area contributed by atoms with Gasteiger partial charge < -0.3 is 19.6 Å². The normalized spacial score (nSPS) is 17.9. The van der Waals surface area contributed by atoms with E-state index < -0.39 is 23.5 Å². The van der Waals surface area contributed by atoms with Crippen LogP contribution < -0.4 is 4.74 Å². The van der Waals surface area contributed by atoms with Crippen LogP contribution in [-0.2, 0) is 9.59 Å². The standard InChI is InChI=1S/C25H29FN2O4/c1-4-16-32-20-12-8-17(9-13-20)22-21(23(29)18-6-10-19(26)11-7-18)24(30)25(31)28(22)15-5-14-27(2)3/h6-13,22,29H,4-5,14-16H2,1-3H3/b23-21-/t22-/m1/s1. The number of ether oxygens (including phenoxy) is 1. The van der Waals surface area contributed by atoms with Crippen molar-refractivity contribution in [3.63, 3.8) is 0 Å². The summed E-state index contributed by atoms with van der Waals surface area (Å²) in [6, 6.07) is 11.7. The summed E-state index contributed by atoms with van der Waals surface area (Å²) in [5.74, 6) is -1.46. The highest BCUT2D eigenvalue weighted by Gasteiger charge is 2.45. The molecular formula is C25H29FN2O4. The van der Waals surface area contributed by atoms with E-state index >= 15 is 0 Å². The maximum absolute atomic E-state index is 13.4. The van der Waals surface area contributed by atoms with Crippen LogP contribution in [0.15, 0.2) is 54.1 Å². The average Bonchev–Trinajstić information content (AvgIpc) is 3.03. The minimum Gasteiger partial charge on any atom is -0.507 e. The Labute approximate surface area is 187 Å². The van der Waals surface area contributed by atoms with E-state index in [2.05, 4.69) is 0 Å². The van der Waals surface area contributed by atoms with Crippen molar-refractivity contribution in [3.05, 3.63) is 71.0 Å². The van der Waals surface area contributed by atoms with Crippen LogP contribution in [0.3, 0.4) is 0 Å². The summed E-state index contributed by atoms with van der Waals surface area (Å²) in [4.78, 5) is 29.4. The lowest BCUT2D eigenvalue weighted by atomic mass is 9.95. The summed E-state index contributed by atoms with van der Waals surface area (Å²) in [6.45, 7) is 3.72. The molecular weight excluding hydrogens is 411 g/mol. The summed E-state index contributed by atoms with van der Waals surface area (Å²) in [5.41, 5.74) is 0.987. The van der Waals surface area contributed by atoms with E-state index in [1.165, 1.54) is 29.2 Å². The zero-order valence-electron chi connectivity index (χ0n) is 18.7.